The number of hydrogen-bond acceptors (Lipinski definition) is 6. The van der Waals surface area contributed by atoms with Crippen molar-refractivity contribution in [1.29, 1.82) is 0 Å². The summed E-state index contributed by atoms with van der Waals surface area (Å²) in [6.45, 7) is -0.547. The molecular weight excluding hydrogens is 406 g/mol. The van der Waals surface area contributed by atoms with E-state index in [1.807, 2.05) is 0 Å². The Morgan fingerprint density at radius 2 is 1.86 bits per heavy atom. The highest BCUT2D eigenvalue weighted by Crippen LogP contribution is 2.32. The zero-order valence-electron chi connectivity index (χ0n) is 14.1. The first-order chi connectivity index (χ1) is 13.3. The molecule has 142 valence electrons. The summed E-state index contributed by atoms with van der Waals surface area (Å²) in [6.07, 6.45) is 1.53. The third kappa shape index (κ3) is 4.38. The van der Waals surface area contributed by atoms with Gasteiger partial charge in [-0.2, -0.15) is 0 Å². The summed E-state index contributed by atoms with van der Waals surface area (Å²) in [6, 6.07) is 12.3. The number of imide groups is 1. The highest BCUT2D eigenvalue weighted by atomic mass is 35.5. The van der Waals surface area contributed by atoms with Crippen molar-refractivity contribution < 1.29 is 19.3 Å². The molecule has 3 amide bonds. The number of benzene rings is 2. The SMILES string of the molecule is O=C(CN1C(=O)S/C(=C\c2ccc(Cl)cc2)C1=O)Nc1ccccc1[N+](=O)[O-]. The number of nitro benzene ring substituents is 1. The average Bonchev–Trinajstić information content (AvgIpc) is 2.91. The van der Waals surface area contributed by atoms with E-state index in [-0.39, 0.29) is 16.3 Å². The molecule has 0 atom stereocenters. The van der Waals surface area contributed by atoms with E-state index in [2.05, 4.69) is 5.32 Å². The van der Waals surface area contributed by atoms with Gasteiger partial charge in [-0.25, -0.2) is 0 Å². The van der Waals surface area contributed by atoms with Gasteiger partial charge in [0, 0.05) is 11.1 Å². The molecule has 1 N–H and O–H groups in total. The minimum atomic E-state index is -0.718. The molecule has 0 unspecified atom stereocenters. The minimum Gasteiger partial charge on any atom is -0.319 e. The van der Waals surface area contributed by atoms with E-state index in [4.69, 9.17) is 11.6 Å². The van der Waals surface area contributed by atoms with Crippen molar-refractivity contribution in [1.82, 2.24) is 4.90 Å². The minimum absolute atomic E-state index is 0.0128. The molecule has 0 saturated carbocycles. The molecule has 0 aromatic heterocycles. The van der Waals surface area contributed by atoms with Gasteiger partial charge < -0.3 is 5.32 Å². The summed E-state index contributed by atoms with van der Waals surface area (Å²) in [7, 11) is 0. The van der Waals surface area contributed by atoms with Crippen molar-refractivity contribution in [2.75, 3.05) is 11.9 Å². The molecule has 0 bridgehead atoms. The lowest BCUT2D eigenvalue weighted by molar-refractivity contribution is -0.383. The van der Waals surface area contributed by atoms with Crippen molar-refractivity contribution in [2.45, 2.75) is 0 Å². The van der Waals surface area contributed by atoms with Crippen LogP contribution in [0.15, 0.2) is 53.4 Å². The van der Waals surface area contributed by atoms with Gasteiger partial charge in [0.05, 0.1) is 9.83 Å². The molecular formula is C18H12ClN3O5S. The van der Waals surface area contributed by atoms with Crippen molar-refractivity contribution in [3.05, 3.63) is 74.1 Å². The monoisotopic (exact) mass is 417 g/mol. The number of nitrogens with zero attached hydrogens (tertiary/aromatic N) is 2. The maximum Gasteiger partial charge on any atom is 0.294 e. The largest absolute Gasteiger partial charge is 0.319 e. The van der Waals surface area contributed by atoms with Crippen LogP contribution >= 0.6 is 23.4 Å². The first kappa shape index (κ1) is 19.6. The van der Waals surface area contributed by atoms with Crippen molar-refractivity contribution in [3.63, 3.8) is 0 Å². The van der Waals surface area contributed by atoms with Gasteiger partial charge in [0.1, 0.15) is 12.2 Å². The van der Waals surface area contributed by atoms with E-state index in [0.717, 1.165) is 4.90 Å². The predicted molar refractivity (Wildman–Crippen MR) is 106 cm³/mol. The van der Waals surface area contributed by atoms with Crippen LogP contribution in [-0.4, -0.2) is 33.4 Å². The molecule has 8 nitrogen and oxygen atoms in total. The Bertz CT molecular complexity index is 1010. The number of carbonyl (C=O) groups is 3. The lowest BCUT2D eigenvalue weighted by Crippen LogP contribution is -2.36. The Hall–Kier alpha value is -3.17. The van der Waals surface area contributed by atoms with Crippen LogP contribution in [0.3, 0.4) is 0 Å². The second-order valence-corrected chi connectivity index (χ2v) is 7.07. The van der Waals surface area contributed by atoms with Crippen LogP contribution in [-0.2, 0) is 9.59 Å². The van der Waals surface area contributed by atoms with Gasteiger partial charge in [-0.05, 0) is 41.6 Å². The summed E-state index contributed by atoms with van der Waals surface area (Å²) in [5.74, 6) is -1.33. The molecule has 28 heavy (non-hydrogen) atoms. The summed E-state index contributed by atoms with van der Waals surface area (Å²) < 4.78 is 0. The predicted octanol–water partition coefficient (Wildman–Crippen LogP) is 3.92. The molecule has 0 aliphatic carbocycles. The molecule has 1 aliphatic rings. The fourth-order valence-electron chi connectivity index (χ4n) is 2.42. The van der Waals surface area contributed by atoms with E-state index < -0.39 is 28.5 Å². The molecule has 0 spiro atoms. The van der Waals surface area contributed by atoms with Gasteiger partial charge in [-0.3, -0.25) is 29.4 Å². The number of amides is 3. The fraction of sp³-hybridized carbons (Fsp3) is 0.0556. The van der Waals surface area contributed by atoms with Gasteiger partial charge in [0.2, 0.25) is 5.91 Å². The second-order valence-electron chi connectivity index (χ2n) is 5.64. The van der Waals surface area contributed by atoms with Crippen LogP contribution in [0.4, 0.5) is 16.2 Å². The van der Waals surface area contributed by atoms with Crippen LogP contribution in [0, 0.1) is 10.1 Å². The zero-order valence-corrected chi connectivity index (χ0v) is 15.7. The van der Waals surface area contributed by atoms with Crippen molar-refractivity contribution >= 4 is 57.9 Å². The first-order valence-electron chi connectivity index (χ1n) is 7.89. The fourth-order valence-corrected chi connectivity index (χ4v) is 3.38. The third-order valence-corrected chi connectivity index (χ3v) is 4.88. The molecule has 1 aliphatic heterocycles. The van der Waals surface area contributed by atoms with E-state index >= 15 is 0 Å². The van der Waals surface area contributed by atoms with Crippen molar-refractivity contribution in [2.24, 2.45) is 0 Å². The smallest absolute Gasteiger partial charge is 0.294 e. The third-order valence-electron chi connectivity index (χ3n) is 3.72. The summed E-state index contributed by atoms with van der Waals surface area (Å²) in [5, 5.41) is 13.3. The highest BCUT2D eigenvalue weighted by Gasteiger charge is 2.36. The topological polar surface area (TPSA) is 110 Å². The number of nitro groups is 1. The van der Waals surface area contributed by atoms with Gasteiger partial charge in [0.25, 0.3) is 16.8 Å². The first-order valence-corrected chi connectivity index (χ1v) is 9.09. The molecule has 1 fully saturated rings. The highest BCUT2D eigenvalue weighted by molar-refractivity contribution is 8.18. The molecule has 1 heterocycles. The number of para-hydroxylation sites is 2. The number of thioether (sulfide) groups is 1. The van der Waals surface area contributed by atoms with E-state index in [9.17, 15) is 24.5 Å². The van der Waals surface area contributed by atoms with Crippen LogP contribution < -0.4 is 5.32 Å². The molecule has 10 heteroatoms. The maximum absolute atomic E-state index is 12.5. The Kier molecular flexibility index (Phi) is 5.76. The van der Waals surface area contributed by atoms with Crippen LogP contribution in [0.5, 0.6) is 0 Å². The molecule has 0 radical (unpaired) electrons. The number of anilines is 1. The quantitative estimate of drug-likeness (QED) is 0.448. The Balaban J connectivity index is 1.71. The van der Waals surface area contributed by atoms with E-state index in [0.29, 0.717) is 22.3 Å². The van der Waals surface area contributed by atoms with Gasteiger partial charge >= 0.3 is 0 Å². The zero-order chi connectivity index (χ0) is 20.3. The standard InChI is InChI=1S/C18H12ClN3O5S/c19-12-7-5-11(6-8-12)9-15-17(24)21(18(25)28-15)10-16(23)20-13-3-1-2-4-14(13)22(26)27/h1-9H,10H2,(H,20,23)/b15-9-. The number of halogens is 1. The van der Waals surface area contributed by atoms with Crippen molar-refractivity contribution in [3.8, 4) is 0 Å². The summed E-state index contributed by atoms with van der Waals surface area (Å²) >= 11 is 6.53. The van der Waals surface area contributed by atoms with Crippen LogP contribution in [0.2, 0.25) is 5.02 Å². The van der Waals surface area contributed by atoms with E-state index in [1.165, 1.54) is 30.3 Å². The number of hydrogen-bond donors (Lipinski definition) is 1. The van der Waals surface area contributed by atoms with Crippen LogP contribution in [0.25, 0.3) is 6.08 Å². The molecule has 3 rings (SSSR count). The molecule has 2 aromatic rings. The molecule has 2 aromatic carbocycles. The lowest BCUT2D eigenvalue weighted by atomic mass is 10.2. The average molecular weight is 418 g/mol. The maximum atomic E-state index is 12.5. The Labute approximate surface area is 168 Å². The van der Waals surface area contributed by atoms with Gasteiger partial charge in [0.15, 0.2) is 0 Å². The summed E-state index contributed by atoms with van der Waals surface area (Å²) in [4.78, 5) is 48.1. The van der Waals surface area contributed by atoms with Gasteiger partial charge in [-0.1, -0.05) is 35.9 Å². The second kappa shape index (κ2) is 8.24. The number of nitrogens with one attached hydrogen (secondary N) is 1. The molecule has 1 saturated heterocycles. The Morgan fingerprint density at radius 3 is 2.54 bits per heavy atom. The normalized spacial score (nSPS) is 15.2. The Morgan fingerprint density at radius 1 is 1.18 bits per heavy atom. The number of carbonyl (C=O) groups excluding carboxylic acids is 3. The summed E-state index contributed by atoms with van der Waals surface area (Å²) in [5.41, 5.74) is 0.382. The van der Waals surface area contributed by atoms with Gasteiger partial charge in [-0.15, -0.1) is 0 Å². The van der Waals surface area contributed by atoms with E-state index in [1.54, 1.807) is 24.3 Å². The van der Waals surface area contributed by atoms with Crippen LogP contribution in [0.1, 0.15) is 5.56 Å². The number of rotatable bonds is 5. The lowest BCUT2D eigenvalue weighted by Gasteiger charge is -2.12.